The predicted molar refractivity (Wildman–Crippen MR) is 110 cm³/mol. The minimum absolute atomic E-state index is 0.253. The van der Waals surface area contributed by atoms with Crippen molar-refractivity contribution in [2.45, 2.75) is 19.4 Å². The molecule has 6 heteroatoms. The number of carbonyl (C=O) groups is 2. The molecule has 4 aromatic rings. The van der Waals surface area contributed by atoms with Crippen LogP contribution in [0.3, 0.4) is 0 Å². The number of anilines is 1. The van der Waals surface area contributed by atoms with Gasteiger partial charge in [-0.15, -0.1) is 0 Å². The van der Waals surface area contributed by atoms with Crippen molar-refractivity contribution in [1.29, 1.82) is 0 Å². The topological polar surface area (TPSA) is 86.9 Å². The van der Waals surface area contributed by atoms with E-state index < -0.39 is 6.04 Å². The smallest absolute Gasteiger partial charge is 0.247 e. The Morgan fingerprint density at radius 2 is 1.89 bits per heavy atom. The van der Waals surface area contributed by atoms with Crippen LogP contribution in [0.2, 0.25) is 0 Å². The molecule has 2 aromatic carbocycles. The van der Waals surface area contributed by atoms with Crippen molar-refractivity contribution in [1.82, 2.24) is 15.3 Å². The summed E-state index contributed by atoms with van der Waals surface area (Å²) in [4.78, 5) is 32.1. The maximum atomic E-state index is 12.9. The number of aromatic amines is 1. The van der Waals surface area contributed by atoms with Crippen molar-refractivity contribution < 1.29 is 9.59 Å². The Hall–Kier alpha value is -3.67. The first-order valence-corrected chi connectivity index (χ1v) is 9.08. The minimum Gasteiger partial charge on any atom is -0.361 e. The van der Waals surface area contributed by atoms with Crippen LogP contribution >= 0.6 is 0 Å². The summed E-state index contributed by atoms with van der Waals surface area (Å²) >= 11 is 0. The Morgan fingerprint density at radius 1 is 1.11 bits per heavy atom. The molecule has 0 fully saturated rings. The summed E-state index contributed by atoms with van der Waals surface area (Å²) in [5.74, 6) is -0.533. The van der Waals surface area contributed by atoms with Crippen LogP contribution in [-0.4, -0.2) is 27.8 Å². The van der Waals surface area contributed by atoms with Crippen LogP contribution < -0.4 is 10.6 Å². The van der Waals surface area contributed by atoms with E-state index in [0.29, 0.717) is 12.1 Å². The average molecular weight is 372 g/mol. The van der Waals surface area contributed by atoms with Crippen molar-refractivity contribution in [3.05, 3.63) is 72.6 Å². The lowest BCUT2D eigenvalue weighted by atomic mass is 10.0. The van der Waals surface area contributed by atoms with Gasteiger partial charge >= 0.3 is 0 Å². The molecule has 0 aliphatic rings. The van der Waals surface area contributed by atoms with Gasteiger partial charge in [-0.3, -0.25) is 14.6 Å². The normalized spacial score (nSPS) is 12.0. The fourth-order valence-electron chi connectivity index (χ4n) is 3.34. The van der Waals surface area contributed by atoms with Crippen LogP contribution in [-0.2, 0) is 16.0 Å². The molecule has 0 saturated carbocycles. The van der Waals surface area contributed by atoms with E-state index in [1.165, 1.54) is 6.92 Å². The van der Waals surface area contributed by atoms with Gasteiger partial charge in [0.05, 0.1) is 17.4 Å². The van der Waals surface area contributed by atoms with Gasteiger partial charge < -0.3 is 15.6 Å². The van der Waals surface area contributed by atoms with E-state index in [1.807, 2.05) is 60.8 Å². The van der Waals surface area contributed by atoms with Gasteiger partial charge in [-0.2, -0.15) is 0 Å². The van der Waals surface area contributed by atoms with Crippen LogP contribution in [0.1, 0.15) is 12.5 Å². The minimum atomic E-state index is -0.692. The highest BCUT2D eigenvalue weighted by Crippen LogP contribution is 2.20. The number of nitrogens with zero attached hydrogens (tertiary/aromatic N) is 1. The zero-order valence-electron chi connectivity index (χ0n) is 15.4. The molecule has 0 saturated heterocycles. The maximum absolute atomic E-state index is 12.9. The summed E-state index contributed by atoms with van der Waals surface area (Å²) in [6, 6.07) is 16.8. The molecule has 0 aliphatic heterocycles. The van der Waals surface area contributed by atoms with Gasteiger partial charge in [-0.05, 0) is 23.8 Å². The summed E-state index contributed by atoms with van der Waals surface area (Å²) in [6.07, 6.45) is 3.89. The highest BCUT2D eigenvalue weighted by Gasteiger charge is 2.21. The first-order valence-electron chi connectivity index (χ1n) is 9.08. The standard InChI is InChI=1S/C22H20N4O2/c1-14(27)25-21(11-16-12-23-20-9-5-3-7-18(16)20)22(28)26-17-10-15-6-2-4-8-19(15)24-13-17/h2-10,12-13,21,23H,11H2,1H3,(H,25,27)(H,26,28). The number of carbonyl (C=O) groups excluding carboxylic acids is 2. The monoisotopic (exact) mass is 372 g/mol. The van der Waals surface area contributed by atoms with Crippen LogP contribution in [0, 0.1) is 0 Å². The summed E-state index contributed by atoms with van der Waals surface area (Å²) in [5, 5.41) is 7.61. The van der Waals surface area contributed by atoms with E-state index in [4.69, 9.17) is 0 Å². The molecule has 1 atom stereocenters. The van der Waals surface area contributed by atoms with Gasteiger partial charge in [0.15, 0.2) is 0 Å². The molecule has 140 valence electrons. The number of pyridine rings is 1. The largest absolute Gasteiger partial charge is 0.361 e. The third-order valence-corrected chi connectivity index (χ3v) is 4.65. The van der Waals surface area contributed by atoms with Gasteiger partial charge in [-0.1, -0.05) is 36.4 Å². The van der Waals surface area contributed by atoms with Gasteiger partial charge in [0, 0.05) is 35.8 Å². The molecule has 2 amide bonds. The number of amides is 2. The summed E-state index contributed by atoms with van der Waals surface area (Å²) < 4.78 is 0. The SMILES string of the molecule is CC(=O)NC(Cc1c[nH]c2ccccc12)C(=O)Nc1cnc2ccccc2c1. The van der Waals surface area contributed by atoms with Crippen molar-refractivity contribution in [2.75, 3.05) is 5.32 Å². The molecule has 2 aromatic heterocycles. The number of benzene rings is 2. The second-order valence-electron chi connectivity index (χ2n) is 6.72. The lowest BCUT2D eigenvalue weighted by molar-refractivity contribution is -0.125. The molecule has 1 unspecified atom stereocenters. The van der Waals surface area contributed by atoms with Crippen molar-refractivity contribution in [3.8, 4) is 0 Å². The molecule has 4 rings (SSSR count). The van der Waals surface area contributed by atoms with E-state index in [9.17, 15) is 9.59 Å². The first kappa shape index (κ1) is 17.7. The van der Waals surface area contributed by atoms with Gasteiger partial charge in [0.25, 0.3) is 0 Å². The zero-order valence-corrected chi connectivity index (χ0v) is 15.4. The second kappa shape index (κ2) is 7.52. The Bertz CT molecular complexity index is 1170. The molecule has 0 spiro atoms. The van der Waals surface area contributed by atoms with Crippen molar-refractivity contribution in [3.63, 3.8) is 0 Å². The Balaban J connectivity index is 1.57. The first-order chi connectivity index (χ1) is 13.6. The predicted octanol–water partition coefficient (Wildman–Crippen LogP) is 3.40. The fourth-order valence-corrected chi connectivity index (χ4v) is 3.34. The van der Waals surface area contributed by atoms with E-state index in [2.05, 4.69) is 20.6 Å². The number of para-hydroxylation sites is 2. The van der Waals surface area contributed by atoms with E-state index in [0.717, 1.165) is 27.4 Å². The summed E-state index contributed by atoms with van der Waals surface area (Å²) in [7, 11) is 0. The molecule has 0 radical (unpaired) electrons. The third-order valence-electron chi connectivity index (χ3n) is 4.65. The number of fused-ring (bicyclic) bond motifs is 2. The van der Waals surface area contributed by atoms with Crippen LogP contribution in [0.4, 0.5) is 5.69 Å². The fraction of sp³-hybridized carbons (Fsp3) is 0.136. The molecule has 0 aliphatic carbocycles. The lowest BCUT2D eigenvalue weighted by Crippen LogP contribution is -2.44. The number of aromatic nitrogens is 2. The second-order valence-corrected chi connectivity index (χ2v) is 6.72. The molecule has 3 N–H and O–H groups in total. The molecular formula is C22H20N4O2. The Morgan fingerprint density at radius 3 is 2.75 bits per heavy atom. The lowest BCUT2D eigenvalue weighted by Gasteiger charge is -2.17. The van der Waals surface area contributed by atoms with Gasteiger partial charge in [0.1, 0.15) is 6.04 Å². The molecule has 6 nitrogen and oxygen atoms in total. The Labute approximate surface area is 162 Å². The van der Waals surface area contributed by atoms with Gasteiger partial charge in [0.2, 0.25) is 11.8 Å². The number of hydrogen-bond donors (Lipinski definition) is 3. The number of rotatable bonds is 5. The van der Waals surface area contributed by atoms with Gasteiger partial charge in [-0.25, -0.2) is 0 Å². The Kier molecular flexibility index (Phi) is 4.76. The molecule has 0 bridgehead atoms. The summed E-state index contributed by atoms with van der Waals surface area (Å²) in [6.45, 7) is 1.41. The quantitative estimate of drug-likeness (QED) is 0.502. The van der Waals surface area contributed by atoms with Crippen LogP contribution in [0.5, 0.6) is 0 Å². The van der Waals surface area contributed by atoms with E-state index in [-0.39, 0.29) is 11.8 Å². The molecule has 28 heavy (non-hydrogen) atoms. The number of hydrogen-bond acceptors (Lipinski definition) is 3. The van der Waals surface area contributed by atoms with E-state index >= 15 is 0 Å². The highest BCUT2D eigenvalue weighted by molar-refractivity contribution is 5.98. The van der Waals surface area contributed by atoms with Crippen molar-refractivity contribution in [2.24, 2.45) is 0 Å². The maximum Gasteiger partial charge on any atom is 0.247 e. The number of H-pyrrole nitrogens is 1. The highest BCUT2D eigenvalue weighted by atomic mass is 16.2. The van der Waals surface area contributed by atoms with Crippen molar-refractivity contribution >= 4 is 39.3 Å². The van der Waals surface area contributed by atoms with Crippen LogP contribution in [0.25, 0.3) is 21.8 Å². The van der Waals surface area contributed by atoms with E-state index in [1.54, 1.807) is 6.20 Å². The molecular weight excluding hydrogens is 352 g/mol. The third kappa shape index (κ3) is 3.71. The van der Waals surface area contributed by atoms with Crippen LogP contribution in [0.15, 0.2) is 67.0 Å². The average Bonchev–Trinajstić information content (AvgIpc) is 3.10. The molecule has 2 heterocycles. The zero-order chi connectivity index (χ0) is 19.5. The summed E-state index contributed by atoms with van der Waals surface area (Å²) in [5.41, 5.74) is 3.43. The number of nitrogens with one attached hydrogen (secondary N) is 3.